The monoisotopic (exact) mass is 417 g/mol. The average molecular weight is 418 g/mol. The average Bonchev–Trinajstić information content (AvgIpc) is 2.64. The lowest BCUT2D eigenvalue weighted by molar-refractivity contribution is -0.274. The number of alkyl halides is 3. The van der Waals surface area contributed by atoms with Crippen molar-refractivity contribution in [2.75, 3.05) is 5.32 Å². The van der Waals surface area contributed by atoms with Gasteiger partial charge in [0, 0.05) is 11.6 Å². The summed E-state index contributed by atoms with van der Waals surface area (Å²) in [5, 5.41) is 3.34. The number of ether oxygens (including phenoxy) is 1. The van der Waals surface area contributed by atoms with Crippen LogP contribution in [0, 0.1) is 6.92 Å². The lowest BCUT2D eigenvalue weighted by Gasteiger charge is -2.19. The molecule has 0 saturated carbocycles. The highest BCUT2D eigenvalue weighted by molar-refractivity contribution is 6.09. The third-order valence-electron chi connectivity index (χ3n) is 4.36. The molecular weight excluding hydrogens is 395 g/mol. The van der Waals surface area contributed by atoms with Crippen LogP contribution in [0.25, 0.3) is 11.3 Å². The van der Waals surface area contributed by atoms with E-state index in [1.807, 2.05) is 6.92 Å². The van der Waals surface area contributed by atoms with Crippen molar-refractivity contribution < 1.29 is 22.2 Å². The molecule has 0 fully saturated rings. The molecular formula is C19H23ClF3N3O2. The summed E-state index contributed by atoms with van der Waals surface area (Å²) in [6.07, 6.45) is -2.31. The lowest BCUT2D eigenvalue weighted by Crippen LogP contribution is -2.20. The second-order valence-electron chi connectivity index (χ2n) is 6.29. The van der Waals surface area contributed by atoms with Gasteiger partial charge in [-0.05, 0) is 49.9 Å². The summed E-state index contributed by atoms with van der Waals surface area (Å²) in [7, 11) is 0. The molecule has 0 unspecified atom stereocenters. The van der Waals surface area contributed by atoms with Crippen LogP contribution in [-0.2, 0) is 6.42 Å². The van der Waals surface area contributed by atoms with E-state index in [4.69, 9.17) is 16.2 Å². The molecule has 154 valence electrons. The molecule has 0 amide bonds. The number of benzene rings is 1. The van der Waals surface area contributed by atoms with Crippen LogP contribution < -0.4 is 14.3 Å². The largest absolute Gasteiger partial charge is 0.573 e. The molecule has 1 N–H and O–H groups in total. The summed E-state index contributed by atoms with van der Waals surface area (Å²) in [4.78, 5) is 9.08. The van der Waals surface area contributed by atoms with Gasteiger partial charge < -0.3 is 14.3 Å². The highest BCUT2D eigenvalue weighted by Gasteiger charge is 2.31. The molecule has 0 aliphatic heterocycles. The first-order valence-corrected chi connectivity index (χ1v) is 9.35. The van der Waals surface area contributed by atoms with Crippen molar-refractivity contribution in [2.24, 2.45) is 0 Å². The molecule has 2 rings (SSSR count). The first kappa shape index (κ1) is 22.1. The van der Waals surface area contributed by atoms with E-state index in [0.717, 1.165) is 18.5 Å². The minimum absolute atomic E-state index is 0.0833. The van der Waals surface area contributed by atoms with E-state index >= 15 is 0 Å². The fourth-order valence-electron chi connectivity index (χ4n) is 2.83. The third kappa shape index (κ3) is 5.41. The molecule has 0 atom stereocenters. The second kappa shape index (κ2) is 9.32. The molecule has 5 nitrogen and oxygen atoms in total. The van der Waals surface area contributed by atoms with Crippen LogP contribution in [0.5, 0.6) is 11.6 Å². The number of anilines is 1. The van der Waals surface area contributed by atoms with Crippen LogP contribution >= 0.6 is 11.9 Å². The van der Waals surface area contributed by atoms with E-state index in [2.05, 4.69) is 33.9 Å². The van der Waals surface area contributed by atoms with Crippen LogP contribution in [-0.4, -0.2) is 22.4 Å². The summed E-state index contributed by atoms with van der Waals surface area (Å²) < 4.78 is 46.2. The molecule has 0 aliphatic carbocycles. The molecule has 28 heavy (non-hydrogen) atoms. The Bertz CT molecular complexity index is 812. The molecule has 2 aromatic rings. The normalized spacial score (nSPS) is 11.6. The molecule has 0 saturated heterocycles. The highest BCUT2D eigenvalue weighted by atomic mass is 35.5. The number of hydrogen-bond donors (Lipinski definition) is 1. The molecule has 1 aromatic carbocycles. The maximum Gasteiger partial charge on any atom is 0.573 e. The molecule has 0 bridgehead atoms. The topological polar surface area (TPSA) is 56.3 Å². The Hall–Kier alpha value is -2.22. The van der Waals surface area contributed by atoms with Crippen molar-refractivity contribution in [1.82, 2.24) is 9.97 Å². The highest BCUT2D eigenvalue weighted by Crippen LogP contribution is 2.35. The van der Waals surface area contributed by atoms with Gasteiger partial charge in [-0.25, -0.2) is 4.98 Å². The zero-order valence-electron chi connectivity index (χ0n) is 16.2. The first-order chi connectivity index (χ1) is 13.2. The molecule has 0 aliphatic rings. The van der Waals surface area contributed by atoms with E-state index in [0.29, 0.717) is 29.1 Å². The SMILES string of the molecule is CCc1nc(-c2ccc(OC(F)(F)F)cc2C)c(OCl)nc1NC(CC)CC. The van der Waals surface area contributed by atoms with Crippen molar-refractivity contribution in [3.8, 4) is 22.9 Å². The summed E-state index contributed by atoms with van der Waals surface area (Å²) in [6.45, 7) is 7.74. The van der Waals surface area contributed by atoms with Gasteiger partial charge in [-0.3, -0.25) is 0 Å². The van der Waals surface area contributed by atoms with Crippen LogP contribution in [0.1, 0.15) is 44.9 Å². The third-order valence-corrected chi connectivity index (χ3v) is 4.50. The first-order valence-electron chi connectivity index (χ1n) is 9.05. The zero-order chi connectivity index (χ0) is 20.9. The van der Waals surface area contributed by atoms with Gasteiger partial charge in [0.25, 0.3) is 5.88 Å². The number of rotatable bonds is 8. The maximum atomic E-state index is 12.4. The summed E-state index contributed by atoms with van der Waals surface area (Å²) >= 11 is 5.62. The van der Waals surface area contributed by atoms with Gasteiger partial charge in [-0.15, -0.1) is 13.2 Å². The summed E-state index contributed by atoms with van der Waals surface area (Å²) in [5.41, 5.74) is 2.16. The van der Waals surface area contributed by atoms with E-state index in [1.54, 1.807) is 6.92 Å². The van der Waals surface area contributed by atoms with Crippen LogP contribution in [0.15, 0.2) is 18.2 Å². The van der Waals surface area contributed by atoms with Gasteiger partial charge >= 0.3 is 6.36 Å². The maximum absolute atomic E-state index is 12.4. The minimum Gasteiger partial charge on any atom is -0.406 e. The number of aromatic nitrogens is 2. The number of nitrogens with one attached hydrogen (secondary N) is 1. The van der Waals surface area contributed by atoms with Gasteiger partial charge in [0.05, 0.1) is 5.69 Å². The Morgan fingerprint density at radius 3 is 2.32 bits per heavy atom. The predicted octanol–water partition coefficient (Wildman–Crippen LogP) is 6.05. The predicted molar refractivity (Wildman–Crippen MR) is 103 cm³/mol. The Kier molecular flexibility index (Phi) is 7.35. The van der Waals surface area contributed by atoms with Gasteiger partial charge in [0.15, 0.2) is 5.82 Å². The van der Waals surface area contributed by atoms with Gasteiger partial charge in [-0.2, -0.15) is 4.98 Å². The fraction of sp³-hybridized carbons (Fsp3) is 0.474. The second-order valence-corrected chi connectivity index (χ2v) is 6.44. The Balaban J connectivity index is 2.47. The molecule has 0 radical (unpaired) electrons. The Morgan fingerprint density at radius 2 is 1.82 bits per heavy atom. The van der Waals surface area contributed by atoms with Crippen LogP contribution in [0.3, 0.4) is 0 Å². The molecule has 1 heterocycles. The van der Waals surface area contributed by atoms with Crippen LogP contribution in [0.4, 0.5) is 19.0 Å². The quantitative estimate of drug-likeness (QED) is 0.567. The van der Waals surface area contributed by atoms with Crippen molar-refractivity contribution in [3.05, 3.63) is 29.5 Å². The van der Waals surface area contributed by atoms with Gasteiger partial charge in [0.1, 0.15) is 23.3 Å². The number of hydrogen-bond acceptors (Lipinski definition) is 5. The fourth-order valence-corrected chi connectivity index (χ4v) is 2.94. The number of nitrogens with zero attached hydrogens (tertiary/aromatic N) is 2. The van der Waals surface area contributed by atoms with Crippen molar-refractivity contribution in [1.29, 1.82) is 0 Å². The van der Waals surface area contributed by atoms with E-state index in [-0.39, 0.29) is 17.7 Å². The lowest BCUT2D eigenvalue weighted by atomic mass is 10.0. The van der Waals surface area contributed by atoms with Crippen molar-refractivity contribution in [3.63, 3.8) is 0 Å². The van der Waals surface area contributed by atoms with Crippen molar-refractivity contribution >= 4 is 17.7 Å². The molecule has 1 aromatic heterocycles. The smallest absolute Gasteiger partial charge is 0.406 e. The van der Waals surface area contributed by atoms with Gasteiger partial charge in [-0.1, -0.05) is 20.8 Å². The zero-order valence-corrected chi connectivity index (χ0v) is 16.9. The summed E-state index contributed by atoms with van der Waals surface area (Å²) in [6, 6.07) is 4.21. The standard InChI is InChI=1S/C19H23ClF3N3O2/c1-5-12(6-2)24-17-15(7-3)25-16(18(26-17)28-20)14-9-8-13(10-11(14)4)27-19(21,22)23/h8-10,12H,5-7H2,1-4H3,(H,24,26). The van der Waals surface area contributed by atoms with Gasteiger partial charge in [0.2, 0.25) is 0 Å². The molecule has 0 spiro atoms. The van der Waals surface area contributed by atoms with Crippen molar-refractivity contribution in [2.45, 2.75) is 59.4 Å². The number of aryl methyl sites for hydroxylation is 2. The number of halogens is 4. The summed E-state index contributed by atoms with van der Waals surface area (Å²) in [5.74, 6) is 0.364. The van der Waals surface area contributed by atoms with E-state index in [9.17, 15) is 13.2 Å². The van der Waals surface area contributed by atoms with E-state index in [1.165, 1.54) is 18.2 Å². The minimum atomic E-state index is -4.75. The van der Waals surface area contributed by atoms with E-state index < -0.39 is 6.36 Å². The van der Waals surface area contributed by atoms with Crippen LogP contribution in [0.2, 0.25) is 0 Å². The Labute approximate surface area is 167 Å². The Morgan fingerprint density at radius 1 is 1.14 bits per heavy atom. The molecule has 9 heteroatoms.